The second-order valence-electron chi connectivity index (χ2n) is 5.52. The van der Waals surface area contributed by atoms with Crippen molar-refractivity contribution in [2.75, 3.05) is 13.2 Å². The average molecular weight is 300 g/mol. The molecule has 2 aliphatic rings. The number of hydrogen-bond acceptors (Lipinski definition) is 2. The Labute approximate surface area is 124 Å². The summed E-state index contributed by atoms with van der Waals surface area (Å²) in [6.07, 6.45) is 5.21. The summed E-state index contributed by atoms with van der Waals surface area (Å²) in [5.41, 5.74) is 1.00. The summed E-state index contributed by atoms with van der Waals surface area (Å²) in [5.74, 6) is 0.650. The fraction of sp³-hybridized carbons (Fsp3) is 0.600. The zero-order valence-electron chi connectivity index (χ0n) is 10.9. The van der Waals surface area contributed by atoms with Crippen LogP contribution in [0.4, 0.5) is 0 Å². The minimum Gasteiger partial charge on any atom is -0.372 e. The quantitative estimate of drug-likeness (QED) is 0.838. The third-order valence-electron chi connectivity index (χ3n) is 4.31. The first-order valence-electron chi connectivity index (χ1n) is 7.04. The Morgan fingerprint density at radius 1 is 1.16 bits per heavy atom. The molecule has 1 aliphatic carbocycles. The Morgan fingerprint density at radius 3 is 2.89 bits per heavy atom. The van der Waals surface area contributed by atoms with Gasteiger partial charge in [-0.2, -0.15) is 0 Å². The van der Waals surface area contributed by atoms with Gasteiger partial charge in [0.2, 0.25) is 0 Å². The Morgan fingerprint density at radius 2 is 2.00 bits per heavy atom. The van der Waals surface area contributed by atoms with Gasteiger partial charge in [0.1, 0.15) is 0 Å². The van der Waals surface area contributed by atoms with Crippen LogP contribution < -0.4 is 5.32 Å². The van der Waals surface area contributed by atoms with Gasteiger partial charge in [0.05, 0.1) is 22.8 Å². The number of halogens is 2. The van der Waals surface area contributed by atoms with Gasteiger partial charge in [-0.3, -0.25) is 0 Å². The summed E-state index contributed by atoms with van der Waals surface area (Å²) in [6.45, 7) is 1.65. The highest BCUT2D eigenvalue weighted by molar-refractivity contribution is 6.42. The van der Waals surface area contributed by atoms with Crippen molar-refractivity contribution in [3.8, 4) is 0 Å². The van der Waals surface area contributed by atoms with Gasteiger partial charge in [0.25, 0.3) is 0 Å². The molecular weight excluding hydrogens is 281 g/mol. The van der Waals surface area contributed by atoms with E-state index in [4.69, 9.17) is 27.9 Å². The van der Waals surface area contributed by atoms with E-state index in [9.17, 15) is 0 Å². The molecule has 1 heterocycles. The van der Waals surface area contributed by atoms with Gasteiger partial charge in [-0.25, -0.2) is 0 Å². The van der Waals surface area contributed by atoms with Crippen LogP contribution in [0.1, 0.15) is 37.4 Å². The van der Waals surface area contributed by atoms with Crippen LogP contribution >= 0.6 is 23.2 Å². The smallest absolute Gasteiger partial charge is 0.0964 e. The molecule has 3 atom stereocenters. The lowest BCUT2D eigenvalue weighted by Crippen LogP contribution is -2.38. The zero-order chi connectivity index (χ0) is 13.2. The van der Waals surface area contributed by atoms with Crippen LogP contribution in [0, 0.1) is 5.92 Å². The van der Waals surface area contributed by atoms with E-state index in [-0.39, 0.29) is 6.10 Å². The van der Waals surface area contributed by atoms with Crippen molar-refractivity contribution in [1.82, 2.24) is 5.32 Å². The number of fused-ring (bicyclic) bond motifs is 1. The molecule has 0 amide bonds. The highest BCUT2D eigenvalue weighted by atomic mass is 35.5. The highest BCUT2D eigenvalue weighted by Gasteiger charge is 2.30. The Balaban J connectivity index is 1.77. The molecular formula is C15H19Cl2NO. The number of nitrogens with one attached hydrogen (secondary N) is 1. The zero-order valence-corrected chi connectivity index (χ0v) is 12.4. The van der Waals surface area contributed by atoms with Crippen molar-refractivity contribution in [2.24, 2.45) is 5.92 Å². The molecule has 2 nitrogen and oxygen atoms in total. The Kier molecular flexibility index (Phi) is 4.33. The molecule has 2 fully saturated rings. The van der Waals surface area contributed by atoms with E-state index in [1.54, 1.807) is 0 Å². The molecule has 3 rings (SSSR count). The molecule has 104 valence electrons. The molecule has 0 bridgehead atoms. The Bertz CT molecular complexity index is 436. The molecule has 1 saturated heterocycles. The van der Waals surface area contributed by atoms with E-state index in [0.29, 0.717) is 22.0 Å². The lowest BCUT2D eigenvalue weighted by Gasteiger charge is -2.29. The maximum atomic E-state index is 6.29. The highest BCUT2D eigenvalue weighted by Crippen LogP contribution is 2.34. The SMILES string of the molecule is Clc1cccc(C2CNC3CCCCC3CO2)c1Cl. The minimum atomic E-state index is 0.0109. The van der Waals surface area contributed by atoms with Gasteiger partial charge in [-0.1, -0.05) is 48.2 Å². The molecule has 1 saturated carbocycles. The van der Waals surface area contributed by atoms with E-state index in [2.05, 4.69) is 5.32 Å². The summed E-state index contributed by atoms with van der Waals surface area (Å²) in [4.78, 5) is 0. The van der Waals surface area contributed by atoms with Gasteiger partial charge in [0, 0.05) is 18.2 Å². The predicted octanol–water partition coefficient (Wildman–Crippen LogP) is 4.21. The fourth-order valence-corrected chi connectivity index (χ4v) is 3.63. The first-order chi connectivity index (χ1) is 9.25. The minimum absolute atomic E-state index is 0.0109. The predicted molar refractivity (Wildman–Crippen MR) is 78.9 cm³/mol. The normalized spacial score (nSPS) is 31.6. The van der Waals surface area contributed by atoms with Crippen molar-refractivity contribution >= 4 is 23.2 Å². The second-order valence-corrected chi connectivity index (χ2v) is 6.31. The number of benzene rings is 1. The van der Waals surface area contributed by atoms with Crippen LogP contribution in [0.25, 0.3) is 0 Å². The average Bonchev–Trinajstić information content (AvgIpc) is 2.65. The maximum Gasteiger partial charge on any atom is 0.0964 e. The lowest BCUT2D eigenvalue weighted by molar-refractivity contribution is 0.0402. The maximum absolute atomic E-state index is 6.29. The van der Waals surface area contributed by atoms with Gasteiger partial charge in [0.15, 0.2) is 0 Å². The van der Waals surface area contributed by atoms with Crippen molar-refractivity contribution in [2.45, 2.75) is 37.8 Å². The lowest BCUT2D eigenvalue weighted by atomic mass is 9.85. The molecule has 1 aromatic rings. The standard InChI is InChI=1S/C15H19Cl2NO/c16-12-6-3-5-11(15(12)17)14-8-18-13-7-2-1-4-10(13)9-19-14/h3,5-6,10,13-14,18H,1-2,4,7-9H2. The topological polar surface area (TPSA) is 21.3 Å². The van der Waals surface area contributed by atoms with Crippen molar-refractivity contribution in [3.63, 3.8) is 0 Å². The molecule has 1 aromatic carbocycles. The van der Waals surface area contributed by atoms with E-state index in [1.165, 1.54) is 25.7 Å². The van der Waals surface area contributed by atoms with Gasteiger partial charge >= 0.3 is 0 Å². The second kappa shape index (κ2) is 6.01. The number of hydrogen-bond donors (Lipinski definition) is 1. The van der Waals surface area contributed by atoms with Crippen LogP contribution in [0.5, 0.6) is 0 Å². The van der Waals surface area contributed by atoms with Gasteiger partial charge in [-0.05, 0) is 24.8 Å². The summed E-state index contributed by atoms with van der Waals surface area (Å²) < 4.78 is 6.09. The molecule has 0 aromatic heterocycles. The molecule has 0 radical (unpaired) electrons. The van der Waals surface area contributed by atoms with E-state index >= 15 is 0 Å². The van der Waals surface area contributed by atoms with E-state index in [1.807, 2.05) is 18.2 Å². The molecule has 19 heavy (non-hydrogen) atoms. The van der Waals surface area contributed by atoms with E-state index in [0.717, 1.165) is 18.7 Å². The molecule has 0 spiro atoms. The van der Waals surface area contributed by atoms with Gasteiger partial charge < -0.3 is 10.1 Å². The van der Waals surface area contributed by atoms with Crippen molar-refractivity contribution in [1.29, 1.82) is 0 Å². The van der Waals surface area contributed by atoms with Crippen LogP contribution in [-0.4, -0.2) is 19.2 Å². The first-order valence-corrected chi connectivity index (χ1v) is 7.80. The summed E-state index contributed by atoms with van der Waals surface area (Å²) >= 11 is 12.4. The van der Waals surface area contributed by atoms with Crippen molar-refractivity contribution < 1.29 is 4.74 Å². The number of rotatable bonds is 1. The van der Waals surface area contributed by atoms with Crippen molar-refractivity contribution in [3.05, 3.63) is 33.8 Å². The molecule has 3 unspecified atom stereocenters. The molecule has 1 aliphatic heterocycles. The third-order valence-corrected chi connectivity index (χ3v) is 5.15. The van der Waals surface area contributed by atoms with Crippen LogP contribution in [0.15, 0.2) is 18.2 Å². The molecule has 1 N–H and O–H groups in total. The van der Waals surface area contributed by atoms with Crippen LogP contribution in [-0.2, 0) is 4.74 Å². The Hall–Kier alpha value is -0.280. The summed E-state index contributed by atoms with van der Waals surface area (Å²) in [7, 11) is 0. The van der Waals surface area contributed by atoms with E-state index < -0.39 is 0 Å². The third kappa shape index (κ3) is 2.92. The van der Waals surface area contributed by atoms with Crippen LogP contribution in [0.3, 0.4) is 0 Å². The van der Waals surface area contributed by atoms with Crippen LogP contribution in [0.2, 0.25) is 10.0 Å². The van der Waals surface area contributed by atoms with Gasteiger partial charge in [-0.15, -0.1) is 0 Å². The summed E-state index contributed by atoms with van der Waals surface area (Å²) in [6, 6.07) is 6.37. The monoisotopic (exact) mass is 299 g/mol. The summed E-state index contributed by atoms with van der Waals surface area (Å²) in [5, 5.41) is 4.88. The molecule has 4 heteroatoms. The first kappa shape index (κ1) is 13.7. The largest absolute Gasteiger partial charge is 0.372 e. The number of ether oxygens (including phenoxy) is 1. The fourth-order valence-electron chi connectivity index (χ4n) is 3.20.